The van der Waals surface area contributed by atoms with E-state index in [0.717, 1.165) is 24.2 Å². The molecule has 5 fully saturated rings. The van der Waals surface area contributed by atoms with Crippen LogP contribution in [0.4, 0.5) is 5.69 Å². The highest BCUT2D eigenvalue weighted by atomic mass is 32.2. The molecular weight excluding hydrogens is 510 g/mol. The van der Waals surface area contributed by atoms with E-state index in [9.17, 15) is 18.0 Å². The van der Waals surface area contributed by atoms with E-state index in [1.54, 1.807) is 24.3 Å². The predicted octanol–water partition coefficient (Wildman–Crippen LogP) is 5.35. The molecule has 0 unspecified atom stereocenters. The quantitative estimate of drug-likeness (QED) is 0.423. The molecule has 39 heavy (non-hydrogen) atoms. The Kier molecular flexibility index (Phi) is 7.28. The van der Waals surface area contributed by atoms with Gasteiger partial charge in [-0.25, -0.2) is 8.42 Å². The predicted molar refractivity (Wildman–Crippen MR) is 153 cm³/mol. The van der Waals surface area contributed by atoms with Crippen LogP contribution in [0.5, 0.6) is 0 Å². The number of hydrogen-bond acceptors (Lipinski definition) is 4. The number of carbonyl (C=O) groups excluding carboxylic acids is 2. The van der Waals surface area contributed by atoms with Crippen LogP contribution >= 0.6 is 0 Å². The molecule has 4 bridgehead atoms. The molecule has 1 aromatic carbocycles. The molecule has 0 spiro atoms. The maximum Gasteiger partial charge on any atom is 0.243 e. The van der Waals surface area contributed by atoms with E-state index < -0.39 is 20.9 Å². The SMILES string of the molecule is C=CC(=O)NC1C(C)(C)CN(S(=O)(=O)c2ccc(NC(=O)CCC34CC5CC(CC(C5)C3)C4)cc2)CC1(C)C. The number of nitrogens with zero attached hydrogens (tertiary/aromatic N) is 1. The summed E-state index contributed by atoms with van der Waals surface area (Å²) in [5, 5.41) is 6.01. The third kappa shape index (κ3) is 5.69. The fraction of sp³-hybridized carbons (Fsp3) is 0.677. The van der Waals surface area contributed by atoms with Crippen molar-refractivity contribution in [3.8, 4) is 0 Å². The van der Waals surface area contributed by atoms with Crippen molar-refractivity contribution in [3.05, 3.63) is 36.9 Å². The fourth-order valence-electron chi connectivity index (χ4n) is 9.02. The molecular formula is C31H45N3O4S. The molecule has 0 atom stereocenters. The molecule has 1 aliphatic heterocycles. The van der Waals surface area contributed by atoms with Gasteiger partial charge in [-0.2, -0.15) is 4.31 Å². The minimum Gasteiger partial charge on any atom is -0.349 e. The van der Waals surface area contributed by atoms with Crippen LogP contribution in [0.2, 0.25) is 0 Å². The number of benzene rings is 1. The number of hydrogen-bond donors (Lipinski definition) is 2. The van der Waals surface area contributed by atoms with Crippen molar-refractivity contribution in [3.63, 3.8) is 0 Å². The minimum absolute atomic E-state index is 0.00787. The number of amides is 2. The lowest BCUT2D eigenvalue weighted by Crippen LogP contribution is -2.64. The van der Waals surface area contributed by atoms with Crippen LogP contribution in [0.25, 0.3) is 0 Å². The largest absolute Gasteiger partial charge is 0.349 e. The Balaban J connectivity index is 1.20. The lowest BCUT2D eigenvalue weighted by Gasteiger charge is -2.57. The second-order valence-corrected chi connectivity index (χ2v) is 16.3. The summed E-state index contributed by atoms with van der Waals surface area (Å²) in [6.45, 7) is 12.0. The van der Waals surface area contributed by atoms with E-state index in [1.165, 1.54) is 48.9 Å². The molecule has 2 N–H and O–H groups in total. The van der Waals surface area contributed by atoms with E-state index >= 15 is 0 Å². The van der Waals surface area contributed by atoms with Crippen molar-refractivity contribution in [2.24, 2.45) is 34.0 Å². The molecule has 6 rings (SSSR count). The summed E-state index contributed by atoms with van der Waals surface area (Å²) in [5.41, 5.74) is 0.0139. The average Bonchev–Trinajstić information content (AvgIpc) is 2.84. The molecule has 4 aliphatic carbocycles. The van der Waals surface area contributed by atoms with Gasteiger partial charge in [0.25, 0.3) is 0 Å². The summed E-state index contributed by atoms with van der Waals surface area (Å²) in [6.07, 6.45) is 10.8. The first kappa shape index (κ1) is 28.3. The van der Waals surface area contributed by atoms with Gasteiger partial charge in [0.1, 0.15) is 0 Å². The van der Waals surface area contributed by atoms with Gasteiger partial charge in [-0.05, 0) is 109 Å². The zero-order valence-corrected chi connectivity index (χ0v) is 24.8. The Morgan fingerprint density at radius 2 is 1.46 bits per heavy atom. The molecule has 0 aromatic heterocycles. The minimum atomic E-state index is -3.76. The van der Waals surface area contributed by atoms with Crippen LogP contribution in [0.1, 0.15) is 79.1 Å². The first-order chi connectivity index (χ1) is 18.2. The van der Waals surface area contributed by atoms with Crippen LogP contribution < -0.4 is 10.6 Å². The van der Waals surface area contributed by atoms with Gasteiger partial charge >= 0.3 is 0 Å². The van der Waals surface area contributed by atoms with Crippen molar-refractivity contribution in [1.82, 2.24) is 9.62 Å². The molecule has 0 radical (unpaired) electrons. The summed E-state index contributed by atoms with van der Waals surface area (Å²) in [6, 6.07) is 6.31. The maximum absolute atomic E-state index is 13.6. The molecule has 4 saturated carbocycles. The molecule has 1 aromatic rings. The van der Waals surface area contributed by atoms with Crippen molar-refractivity contribution >= 4 is 27.5 Å². The van der Waals surface area contributed by atoms with Crippen molar-refractivity contribution in [1.29, 1.82) is 0 Å². The summed E-state index contributed by atoms with van der Waals surface area (Å²) >= 11 is 0. The van der Waals surface area contributed by atoms with Gasteiger partial charge in [-0.15, -0.1) is 0 Å². The van der Waals surface area contributed by atoms with Crippen molar-refractivity contribution in [2.75, 3.05) is 18.4 Å². The maximum atomic E-state index is 13.6. The van der Waals surface area contributed by atoms with E-state index in [1.807, 2.05) is 27.7 Å². The Morgan fingerprint density at radius 3 is 1.95 bits per heavy atom. The highest BCUT2D eigenvalue weighted by molar-refractivity contribution is 7.89. The topological polar surface area (TPSA) is 95.6 Å². The first-order valence-corrected chi connectivity index (χ1v) is 16.0. The third-order valence-electron chi connectivity index (χ3n) is 10.0. The number of nitrogens with one attached hydrogen (secondary N) is 2. The van der Waals surface area contributed by atoms with Crippen LogP contribution in [-0.2, 0) is 19.6 Å². The summed E-state index contributed by atoms with van der Waals surface area (Å²) in [4.78, 5) is 25.1. The van der Waals surface area contributed by atoms with Gasteiger partial charge in [0.2, 0.25) is 21.8 Å². The van der Waals surface area contributed by atoms with Gasteiger partial charge in [-0.3, -0.25) is 9.59 Å². The van der Waals surface area contributed by atoms with Crippen molar-refractivity contribution < 1.29 is 18.0 Å². The van der Waals surface area contributed by atoms with Crippen molar-refractivity contribution in [2.45, 2.75) is 90.0 Å². The zero-order valence-electron chi connectivity index (χ0n) is 24.0. The Labute approximate surface area is 234 Å². The Morgan fingerprint density at radius 1 is 0.949 bits per heavy atom. The summed E-state index contributed by atoms with van der Waals surface area (Å²) in [5.74, 6) is 2.38. The molecule has 2 amide bonds. The van der Waals surface area contributed by atoms with Crippen LogP contribution in [0.15, 0.2) is 41.8 Å². The molecule has 8 heteroatoms. The van der Waals surface area contributed by atoms with Gasteiger partial charge in [-0.1, -0.05) is 34.3 Å². The van der Waals surface area contributed by atoms with Crippen LogP contribution in [-0.4, -0.2) is 43.7 Å². The van der Waals surface area contributed by atoms with E-state index in [-0.39, 0.29) is 35.8 Å². The van der Waals surface area contributed by atoms with Gasteiger partial charge in [0, 0.05) is 31.2 Å². The number of rotatable bonds is 8. The number of sulfonamides is 1. The molecule has 7 nitrogen and oxygen atoms in total. The second-order valence-electron chi connectivity index (χ2n) is 14.4. The first-order valence-electron chi connectivity index (χ1n) is 14.5. The standard InChI is InChI=1S/C31H45N3O4S/c1-6-26(35)33-28-29(2,3)19-34(20-30(28,4)5)39(37,38)25-9-7-24(8-10-25)32-27(36)11-12-31-16-21-13-22(17-31)15-23(14-21)18-31/h6-10,21-23,28H,1,11-20H2,2-5H3,(H,32,36)(H,33,35). The van der Waals surface area contributed by atoms with E-state index in [4.69, 9.17) is 0 Å². The molecule has 1 heterocycles. The smallest absolute Gasteiger partial charge is 0.243 e. The lowest BCUT2D eigenvalue weighted by atomic mass is 9.48. The number of piperidine rings is 1. The number of carbonyl (C=O) groups is 2. The normalized spacial score (nSPS) is 31.5. The summed E-state index contributed by atoms with van der Waals surface area (Å²) < 4.78 is 28.8. The zero-order chi connectivity index (χ0) is 28.2. The highest BCUT2D eigenvalue weighted by Crippen LogP contribution is 2.61. The summed E-state index contributed by atoms with van der Waals surface area (Å²) in [7, 11) is -3.76. The van der Waals surface area contributed by atoms with Gasteiger partial charge < -0.3 is 10.6 Å². The Hall–Kier alpha value is -2.19. The second kappa shape index (κ2) is 10.0. The molecule has 5 aliphatic rings. The monoisotopic (exact) mass is 555 g/mol. The number of anilines is 1. The molecule has 1 saturated heterocycles. The fourth-order valence-corrected chi connectivity index (χ4v) is 10.8. The van der Waals surface area contributed by atoms with Gasteiger partial charge in [0.15, 0.2) is 0 Å². The van der Waals surface area contributed by atoms with Gasteiger partial charge in [0.05, 0.1) is 4.90 Å². The van der Waals surface area contributed by atoms with Crippen LogP contribution in [0, 0.1) is 34.0 Å². The van der Waals surface area contributed by atoms with Crippen LogP contribution in [0.3, 0.4) is 0 Å². The Bertz CT molecular complexity index is 1180. The van der Waals surface area contributed by atoms with E-state index in [2.05, 4.69) is 17.2 Å². The molecule has 214 valence electrons. The highest BCUT2D eigenvalue weighted by Gasteiger charge is 2.51. The third-order valence-corrected chi connectivity index (χ3v) is 11.8. The lowest BCUT2D eigenvalue weighted by molar-refractivity contribution is -0.120. The average molecular weight is 556 g/mol. The van der Waals surface area contributed by atoms with E-state index in [0.29, 0.717) is 17.5 Å².